The summed E-state index contributed by atoms with van der Waals surface area (Å²) in [4.78, 5) is 12.5. The van der Waals surface area contributed by atoms with E-state index in [1.807, 2.05) is 26.0 Å². The van der Waals surface area contributed by atoms with Crippen molar-refractivity contribution in [2.24, 2.45) is 5.92 Å². The summed E-state index contributed by atoms with van der Waals surface area (Å²) in [5.41, 5.74) is 3.68. The van der Waals surface area contributed by atoms with Gasteiger partial charge in [-0.05, 0) is 31.0 Å². The summed E-state index contributed by atoms with van der Waals surface area (Å²) in [6, 6.07) is 6.12. The molecule has 0 fully saturated rings. The smallest absolute Gasteiger partial charge is 0.171 e. The summed E-state index contributed by atoms with van der Waals surface area (Å²) in [6.45, 7) is 4.00. The molecule has 0 spiro atoms. The number of aryl methyl sites for hydroxylation is 2. The van der Waals surface area contributed by atoms with Gasteiger partial charge in [-0.1, -0.05) is 22.0 Å². The molecule has 1 aliphatic carbocycles. The van der Waals surface area contributed by atoms with Crippen molar-refractivity contribution in [3.05, 3.63) is 39.1 Å². The molecule has 104 valence electrons. The van der Waals surface area contributed by atoms with Gasteiger partial charge < -0.3 is 4.74 Å². The van der Waals surface area contributed by atoms with Crippen LogP contribution in [-0.4, -0.2) is 12.9 Å². The second-order valence-electron chi connectivity index (χ2n) is 5.07. The first-order valence-corrected chi connectivity index (χ1v) is 7.24. The third-order valence-corrected chi connectivity index (χ3v) is 4.22. The van der Waals surface area contributed by atoms with Gasteiger partial charge in [-0.2, -0.15) is 5.26 Å². The van der Waals surface area contributed by atoms with Gasteiger partial charge in [0.25, 0.3) is 0 Å². The number of nitriles is 1. The average molecular weight is 334 g/mol. The van der Waals surface area contributed by atoms with Crippen molar-refractivity contribution < 1.29 is 9.53 Å². The summed E-state index contributed by atoms with van der Waals surface area (Å²) in [6.07, 6.45) is 0.746. The van der Waals surface area contributed by atoms with E-state index >= 15 is 0 Å². The lowest BCUT2D eigenvalue weighted by molar-refractivity contribution is -0.116. The molecule has 1 aromatic carbocycles. The minimum Gasteiger partial charge on any atom is -0.500 e. The standard InChI is InChI=1S/C16H16BrNO2/c1-9-6-10(2)14(12(17)7-9)15-13(20-3)8-11(4-5-18)16(15)19/h6-7,11H,4,8H2,1-3H3. The second-order valence-corrected chi connectivity index (χ2v) is 5.92. The number of carbonyl (C=O) groups excluding carboxylic acids is 1. The summed E-state index contributed by atoms with van der Waals surface area (Å²) < 4.78 is 6.29. The molecule has 0 aliphatic heterocycles. The Labute approximate surface area is 127 Å². The molecular weight excluding hydrogens is 318 g/mol. The Morgan fingerprint density at radius 3 is 2.70 bits per heavy atom. The van der Waals surface area contributed by atoms with Gasteiger partial charge in [0.2, 0.25) is 0 Å². The van der Waals surface area contributed by atoms with Gasteiger partial charge in [0.15, 0.2) is 5.78 Å². The van der Waals surface area contributed by atoms with E-state index < -0.39 is 0 Å². The minimum atomic E-state index is -0.280. The molecule has 0 aromatic heterocycles. The fourth-order valence-electron chi connectivity index (χ4n) is 2.72. The molecule has 0 bridgehead atoms. The quantitative estimate of drug-likeness (QED) is 0.842. The van der Waals surface area contributed by atoms with Crippen LogP contribution in [0.25, 0.3) is 5.57 Å². The molecule has 0 saturated heterocycles. The SMILES string of the molecule is COC1=C(c2c(C)cc(C)cc2Br)C(=O)C(CC#N)C1. The molecule has 20 heavy (non-hydrogen) atoms. The predicted molar refractivity (Wildman–Crippen MR) is 80.9 cm³/mol. The number of rotatable bonds is 3. The van der Waals surface area contributed by atoms with E-state index in [2.05, 4.69) is 22.0 Å². The van der Waals surface area contributed by atoms with Crippen LogP contribution in [0.15, 0.2) is 22.4 Å². The van der Waals surface area contributed by atoms with Crippen LogP contribution < -0.4 is 0 Å². The van der Waals surface area contributed by atoms with E-state index in [9.17, 15) is 4.79 Å². The summed E-state index contributed by atoms with van der Waals surface area (Å²) in [7, 11) is 1.58. The first kappa shape index (κ1) is 14.8. The third-order valence-electron chi connectivity index (χ3n) is 3.59. The van der Waals surface area contributed by atoms with Crippen LogP contribution >= 0.6 is 15.9 Å². The molecule has 0 N–H and O–H groups in total. The lowest BCUT2D eigenvalue weighted by Gasteiger charge is -2.12. The molecule has 0 amide bonds. The number of benzene rings is 1. The van der Waals surface area contributed by atoms with Crippen LogP contribution in [0.4, 0.5) is 0 Å². The number of methoxy groups -OCH3 is 1. The lowest BCUT2D eigenvalue weighted by atomic mass is 9.94. The first-order valence-electron chi connectivity index (χ1n) is 6.45. The number of halogens is 1. The van der Waals surface area contributed by atoms with Crippen LogP contribution in [0.3, 0.4) is 0 Å². The topological polar surface area (TPSA) is 50.1 Å². The Bertz CT molecular complexity index is 617. The fraction of sp³-hybridized carbons (Fsp3) is 0.375. The molecule has 2 rings (SSSR count). The Morgan fingerprint density at radius 2 is 2.15 bits per heavy atom. The number of ketones is 1. The number of allylic oxidation sites excluding steroid dienone is 2. The summed E-state index contributed by atoms with van der Waals surface area (Å²) >= 11 is 3.54. The Morgan fingerprint density at radius 1 is 1.45 bits per heavy atom. The van der Waals surface area contributed by atoms with Crippen molar-refractivity contribution in [2.45, 2.75) is 26.7 Å². The molecule has 1 aromatic rings. The van der Waals surface area contributed by atoms with Gasteiger partial charge in [-0.25, -0.2) is 0 Å². The van der Waals surface area contributed by atoms with E-state index in [1.54, 1.807) is 7.11 Å². The van der Waals surface area contributed by atoms with Crippen molar-refractivity contribution in [3.8, 4) is 6.07 Å². The van der Waals surface area contributed by atoms with Crippen molar-refractivity contribution in [1.82, 2.24) is 0 Å². The largest absolute Gasteiger partial charge is 0.500 e. The summed E-state index contributed by atoms with van der Waals surface area (Å²) in [5.74, 6) is 0.413. The van der Waals surface area contributed by atoms with Gasteiger partial charge in [0.1, 0.15) is 5.76 Å². The number of Topliss-reactive ketones (excluding diaryl/α,β-unsaturated/α-hetero) is 1. The number of ether oxygens (including phenoxy) is 1. The number of hydrogen-bond donors (Lipinski definition) is 0. The van der Waals surface area contributed by atoms with Gasteiger partial charge in [0.05, 0.1) is 18.8 Å². The van der Waals surface area contributed by atoms with Crippen LogP contribution in [-0.2, 0) is 9.53 Å². The predicted octanol–water partition coefficient (Wildman–Crippen LogP) is 3.93. The van der Waals surface area contributed by atoms with Gasteiger partial charge in [-0.3, -0.25) is 4.79 Å². The Hall–Kier alpha value is -1.60. The highest BCUT2D eigenvalue weighted by Crippen LogP contribution is 2.40. The van der Waals surface area contributed by atoms with Crippen molar-refractivity contribution in [3.63, 3.8) is 0 Å². The normalized spacial score (nSPS) is 18.4. The second kappa shape index (κ2) is 5.80. The zero-order valence-electron chi connectivity index (χ0n) is 11.8. The molecular formula is C16H16BrNO2. The van der Waals surface area contributed by atoms with E-state index in [0.717, 1.165) is 21.2 Å². The van der Waals surface area contributed by atoms with Crippen LogP contribution in [0, 0.1) is 31.1 Å². The lowest BCUT2D eigenvalue weighted by Crippen LogP contribution is -2.10. The highest BCUT2D eigenvalue weighted by atomic mass is 79.9. The van der Waals surface area contributed by atoms with Gasteiger partial charge >= 0.3 is 0 Å². The fourth-order valence-corrected chi connectivity index (χ4v) is 3.59. The molecule has 1 aliphatic rings. The monoisotopic (exact) mass is 333 g/mol. The maximum absolute atomic E-state index is 12.5. The Kier molecular flexibility index (Phi) is 4.29. The number of hydrogen-bond acceptors (Lipinski definition) is 3. The highest BCUT2D eigenvalue weighted by molar-refractivity contribution is 9.10. The zero-order chi connectivity index (χ0) is 14.9. The van der Waals surface area contributed by atoms with Crippen LogP contribution in [0.2, 0.25) is 0 Å². The highest BCUT2D eigenvalue weighted by Gasteiger charge is 2.36. The van der Waals surface area contributed by atoms with Gasteiger partial charge in [0, 0.05) is 28.8 Å². The maximum atomic E-state index is 12.5. The Balaban J connectivity index is 2.56. The van der Waals surface area contributed by atoms with E-state index in [0.29, 0.717) is 17.8 Å². The van der Waals surface area contributed by atoms with Gasteiger partial charge in [-0.15, -0.1) is 0 Å². The van der Waals surface area contributed by atoms with Crippen molar-refractivity contribution in [1.29, 1.82) is 5.26 Å². The van der Waals surface area contributed by atoms with Crippen LogP contribution in [0.5, 0.6) is 0 Å². The molecule has 0 radical (unpaired) electrons. The maximum Gasteiger partial charge on any atom is 0.171 e. The molecule has 3 nitrogen and oxygen atoms in total. The number of nitrogens with zero attached hydrogens (tertiary/aromatic N) is 1. The number of carbonyl (C=O) groups is 1. The third kappa shape index (κ3) is 2.51. The van der Waals surface area contributed by atoms with E-state index in [4.69, 9.17) is 10.00 Å². The minimum absolute atomic E-state index is 0.0102. The average Bonchev–Trinajstić information content (AvgIpc) is 2.67. The van der Waals surface area contributed by atoms with E-state index in [-0.39, 0.29) is 18.1 Å². The first-order chi connectivity index (χ1) is 9.49. The van der Waals surface area contributed by atoms with Crippen LogP contribution in [0.1, 0.15) is 29.5 Å². The zero-order valence-corrected chi connectivity index (χ0v) is 13.4. The van der Waals surface area contributed by atoms with Crippen molar-refractivity contribution in [2.75, 3.05) is 7.11 Å². The molecule has 1 unspecified atom stereocenters. The van der Waals surface area contributed by atoms with E-state index in [1.165, 1.54) is 0 Å². The molecule has 4 heteroatoms. The van der Waals surface area contributed by atoms with Crippen molar-refractivity contribution >= 4 is 27.3 Å². The molecule has 0 heterocycles. The molecule has 0 saturated carbocycles. The molecule has 1 atom stereocenters. The summed E-state index contributed by atoms with van der Waals surface area (Å²) in [5, 5.41) is 8.83.